The van der Waals surface area contributed by atoms with Crippen molar-refractivity contribution in [2.75, 3.05) is 31.1 Å². The van der Waals surface area contributed by atoms with Gasteiger partial charge in [0.2, 0.25) is 11.8 Å². The van der Waals surface area contributed by atoms with E-state index in [0.717, 1.165) is 0 Å². The SMILES string of the molecule is CC(C)(C)OC(=O)N1CCN(c2ccc(C(=O)NC3CCC(=O)NC3=O)c(F)c2)CC1. The predicted molar refractivity (Wildman–Crippen MR) is 110 cm³/mol. The number of carbonyl (C=O) groups excluding carboxylic acids is 4. The fourth-order valence-electron chi connectivity index (χ4n) is 3.43. The number of piperazine rings is 1. The zero-order chi connectivity index (χ0) is 22.8. The van der Waals surface area contributed by atoms with E-state index in [0.29, 0.717) is 31.9 Å². The highest BCUT2D eigenvalue weighted by Crippen LogP contribution is 2.21. The number of ether oxygens (including phenoxy) is 1. The van der Waals surface area contributed by atoms with Crippen molar-refractivity contribution >= 4 is 29.5 Å². The molecule has 1 aromatic rings. The lowest BCUT2D eigenvalue weighted by Gasteiger charge is -2.36. The average molecular weight is 434 g/mol. The molecule has 1 aromatic carbocycles. The van der Waals surface area contributed by atoms with Crippen LogP contribution in [0.25, 0.3) is 0 Å². The first-order valence-electron chi connectivity index (χ1n) is 10.2. The van der Waals surface area contributed by atoms with E-state index in [4.69, 9.17) is 4.74 Å². The van der Waals surface area contributed by atoms with E-state index in [1.807, 2.05) is 25.7 Å². The first kappa shape index (κ1) is 22.5. The summed E-state index contributed by atoms with van der Waals surface area (Å²) in [5.41, 5.74) is -0.151. The molecule has 3 rings (SSSR count). The highest BCUT2D eigenvalue weighted by molar-refractivity contribution is 6.03. The molecule has 0 bridgehead atoms. The molecule has 2 heterocycles. The second-order valence-corrected chi connectivity index (χ2v) is 8.60. The van der Waals surface area contributed by atoms with Crippen molar-refractivity contribution in [1.82, 2.24) is 15.5 Å². The maximum atomic E-state index is 14.6. The molecule has 2 aliphatic heterocycles. The number of nitrogens with zero attached hydrogens (tertiary/aromatic N) is 2. The fourth-order valence-corrected chi connectivity index (χ4v) is 3.43. The number of nitrogens with one attached hydrogen (secondary N) is 2. The fraction of sp³-hybridized carbons (Fsp3) is 0.524. The highest BCUT2D eigenvalue weighted by atomic mass is 19.1. The third-order valence-corrected chi connectivity index (χ3v) is 5.04. The monoisotopic (exact) mass is 434 g/mol. The summed E-state index contributed by atoms with van der Waals surface area (Å²) in [7, 11) is 0. The van der Waals surface area contributed by atoms with Crippen LogP contribution < -0.4 is 15.5 Å². The lowest BCUT2D eigenvalue weighted by Crippen LogP contribution is -2.52. The standard InChI is InChI=1S/C21H27FN4O5/c1-21(2,3)31-20(30)26-10-8-25(9-11-26)13-4-5-14(15(22)12-13)18(28)23-16-6-7-17(27)24-19(16)29/h4-5,12,16H,6-11H2,1-3H3,(H,23,28)(H,24,27,29). The molecule has 0 spiro atoms. The molecule has 2 fully saturated rings. The van der Waals surface area contributed by atoms with Gasteiger partial charge < -0.3 is 19.9 Å². The van der Waals surface area contributed by atoms with Crippen molar-refractivity contribution in [3.05, 3.63) is 29.6 Å². The molecule has 10 heteroatoms. The maximum Gasteiger partial charge on any atom is 0.410 e. The average Bonchev–Trinajstić information content (AvgIpc) is 2.68. The van der Waals surface area contributed by atoms with Crippen LogP contribution in [-0.4, -0.2) is 66.5 Å². The number of amides is 4. The molecule has 2 saturated heterocycles. The number of rotatable bonds is 3. The molecule has 168 valence electrons. The van der Waals surface area contributed by atoms with Gasteiger partial charge in [0.15, 0.2) is 0 Å². The summed E-state index contributed by atoms with van der Waals surface area (Å²) in [5, 5.41) is 4.61. The Kier molecular flexibility index (Phi) is 6.47. The number of hydrogen-bond acceptors (Lipinski definition) is 6. The Hall–Kier alpha value is -3.17. The van der Waals surface area contributed by atoms with Crippen LogP contribution in [0, 0.1) is 5.82 Å². The molecular formula is C21H27FN4O5. The van der Waals surface area contributed by atoms with E-state index in [-0.39, 0.29) is 24.5 Å². The van der Waals surface area contributed by atoms with Crippen LogP contribution in [0.1, 0.15) is 44.0 Å². The van der Waals surface area contributed by atoms with Gasteiger partial charge in [0.25, 0.3) is 5.91 Å². The van der Waals surface area contributed by atoms with Crippen molar-refractivity contribution < 1.29 is 28.3 Å². The van der Waals surface area contributed by atoms with Gasteiger partial charge in [-0.15, -0.1) is 0 Å². The summed E-state index contributed by atoms with van der Waals surface area (Å²) in [6.07, 6.45) is -0.0791. The lowest BCUT2D eigenvalue weighted by atomic mass is 10.1. The van der Waals surface area contributed by atoms with E-state index in [2.05, 4.69) is 10.6 Å². The van der Waals surface area contributed by atoms with Gasteiger partial charge in [0, 0.05) is 38.3 Å². The highest BCUT2D eigenvalue weighted by Gasteiger charge is 2.29. The summed E-state index contributed by atoms with van der Waals surface area (Å²) in [4.78, 5) is 51.1. The van der Waals surface area contributed by atoms with Crippen LogP contribution >= 0.6 is 0 Å². The number of benzene rings is 1. The normalized spacial score (nSPS) is 19.7. The molecule has 0 aromatic heterocycles. The zero-order valence-corrected chi connectivity index (χ0v) is 17.9. The summed E-state index contributed by atoms with van der Waals surface area (Å²) >= 11 is 0. The molecule has 4 amide bonds. The Bertz CT molecular complexity index is 890. The minimum atomic E-state index is -0.870. The van der Waals surface area contributed by atoms with E-state index in [9.17, 15) is 23.6 Å². The number of halogens is 1. The van der Waals surface area contributed by atoms with Crippen LogP contribution in [0.2, 0.25) is 0 Å². The van der Waals surface area contributed by atoms with Crippen molar-refractivity contribution in [1.29, 1.82) is 0 Å². The van der Waals surface area contributed by atoms with Crippen LogP contribution in [-0.2, 0) is 14.3 Å². The summed E-state index contributed by atoms with van der Waals surface area (Å²) in [6, 6.07) is 3.39. The van der Waals surface area contributed by atoms with Crippen molar-refractivity contribution in [2.45, 2.75) is 45.3 Å². The van der Waals surface area contributed by atoms with E-state index in [1.54, 1.807) is 11.0 Å². The minimum absolute atomic E-state index is 0.118. The molecule has 9 nitrogen and oxygen atoms in total. The summed E-state index contributed by atoms with van der Waals surface area (Å²) in [6.45, 7) is 7.30. The van der Waals surface area contributed by atoms with Gasteiger partial charge in [-0.05, 0) is 45.4 Å². The van der Waals surface area contributed by atoms with Gasteiger partial charge in [-0.1, -0.05) is 0 Å². The quantitative estimate of drug-likeness (QED) is 0.697. The van der Waals surface area contributed by atoms with Gasteiger partial charge in [-0.2, -0.15) is 0 Å². The Balaban J connectivity index is 1.58. The first-order chi connectivity index (χ1) is 14.5. The molecule has 1 atom stereocenters. The van der Waals surface area contributed by atoms with Crippen molar-refractivity contribution in [2.24, 2.45) is 0 Å². The van der Waals surface area contributed by atoms with Gasteiger partial charge in [-0.3, -0.25) is 19.7 Å². The van der Waals surface area contributed by atoms with Gasteiger partial charge in [-0.25, -0.2) is 9.18 Å². The Labute approximate surface area is 179 Å². The minimum Gasteiger partial charge on any atom is -0.444 e. The van der Waals surface area contributed by atoms with Crippen molar-refractivity contribution in [3.8, 4) is 0 Å². The second kappa shape index (κ2) is 8.91. The molecule has 31 heavy (non-hydrogen) atoms. The van der Waals surface area contributed by atoms with Crippen LogP contribution in [0.3, 0.4) is 0 Å². The number of anilines is 1. The first-order valence-corrected chi connectivity index (χ1v) is 10.2. The zero-order valence-electron chi connectivity index (χ0n) is 17.9. The van der Waals surface area contributed by atoms with E-state index >= 15 is 0 Å². The number of carbonyl (C=O) groups is 4. The third kappa shape index (κ3) is 5.71. The Morgan fingerprint density at radius 2 is 1.84 bits per heavy atom. The van der Waals surface area contributed by atoms with Gasteiger partial charge in [0.05, 0.1) is 5.56 Å². The number of piperidine rings is 1. The van der Waals surface area contributed by atoms with Crippen molar-refractivity contribution in [3.63, 3.8) is 0 Å². The smallest absolute Gasteiger partial charge is 0.410 e. The number of imide groups is 1. The van der Waals surface area contributed by atoms with Crippen LogP contribution in [0.4, 0.5) is 14.9 Å². The van der Waals surface area contributed by atoms with Crippen LogP contribution in [0.15, 0.2) is 18.2 Å². The molecule has 0 saturated carbocycles. The maximum absolute atomic E-state index is 14.6. The predicted octanol–water partition coefficient (Wildman–Crippen LogP) is 1.42. The van der Waals surface area contributed by atoms with Gasteiger partial charge >= 0.3 is 6.09 Å². The lowest BCUT2D eigenvalue weighted by molar-refractivity contribution is -0.134. The number of hydrogen-bond donors (Lipinski definition) is 2. The molecule has 2 N–H and O–H groups in total. The van der Waals surface area contributed by atoms with Crippen LogP contribution in [0.5, 0.6) is 0 Å². The van der Waals surface area contributed by atoms with Gasteiger partial charge in [0.1, 0.15) is 17.5 Å². The molecule has 2 aliphatic rings. The molecule has 1 unspecified atom stereocenters. The molecular weight excluding hydrogens is 407 g/mol. The Morgan fingerprint density at radius 1 is 1.16 bits per heavy atom. The third-order valence-electron chi connectivity index (χ3n) is 5.04. The second-order valence-electron chi connectivity index (χ2n) is 8.60. The van der Waals surface area contributed by atoms with E-state index in [1.165, 1.54) is 12.1 Å². The largest absolute Gasteiger partial charge is 0.444 e. The molecule has 0 radical (unpaired) electrons. The topological polar surface area (TPSA) is 108 Å². The Morgan fingerprint density at radius 3 is 2.42 bits per heavy atom. The summed E-state index contributed by atoms with van der Waals surface area (Å²) < 4.78 is 20.0. The molecule has 0 aliphatic carbocycles. The van der Waals surface area contributed by atoms with E-state index < -0.39 is 35.2 Å². The summed E-state index contributed by atoms with van der Waals surface area (Å²) in [5.74, 6) is -2.41.